The third-order valence-electron chi connectivity index (χ3n) is 8.23. The molecule has 1 aliphatic heterocycles. The summed E-state index contributed by atoms with van der Waals surface area (Å²) in [5.41, 5.74) is -0.996. The fourth-order valence-electron chi connectivity index (χ4n) is 6.03. The third kappa shape index (κ3) is 5.74. The summed E-state index contributed by atoms with van der Waals surface area (Å²) >= 11 is 5.99. The number of nitrogens with one attached hydrogen (secondary N) is 2. The number of carbonyl (C=O) groups is 2. The van der Waals surface area contributed by atoms with Crippen molar-refractivity contribution in [3.63, 3.8) is 0 Å². The van der Waals surface area contributed by atoms with Gasteiger partial charge in [-0.1, -0.05) is 11.6 Å². The Balaban J connectivity index is 1.10. The van der Waals surface area contributed by atoms with E-state index in [0.717, 1.165) is 0 Å². The quantitative estimate of drug-likeness (QED) is 0.402. The van der Waals surface area contributed by atoms with E-state index in [0.29, 0.717) is 42.0 Å². The summed E-state index contributed by atoms with van der Waals surface area (Å²) in [6.07, 6.45) is -6.53. The number of halogens is 4. The van der Waals surface area contributed by atoms with Gasteiger partial charge < -0.3 is 30.3 Å². The molecule has 4 aliphatic carbocycles. The number of fused-ring (bicyclic) bond motifs is 4. The molecule has 3 atom stereocenters. The van der Waals surface area contributed by atoms with Crippen LogP contribution in [0.4, 0.5) is 13.2 Å². The van der Waals surface area contributed by atoms with Gasteiger partial charge in [-0.15, -0.1) is 13.2 Å². The van der Waals surface area contributed by atoms with Gasteiger partial charge >= 0.3 is 6.36 Å². The third-order valence-corrected chi connectivity index (χ3v) is 8.46. The van der Waals surface area contributed by atoms with Crippen molar-refractivity contribution in [3.8, 4) is 5.75 Å². The Kier molecular flexibility index (Phi) is 7.31. The monoisotopic (exact) mass is 562 g/mol. The molecule has 0 saturated heterocycles. The average molecular weight is 563 g/mol. The number of hydrogen-bond acceptors (Lipinski definition) is 7. The Morgan fingerprint density at radius 1 is 1.08 bits per heavy atom. The molecular weight excluding hydrogens is 533 g/mol. The Morgan fingerprint density at radius 3 is 2.45 bits per heavy atom. The van der Waals surface area contributed by atoms with E-state index in [1.54, 1.807) is 18.2 Å². The molecule has 4 saturated carbocycles. The van der Waals surface area contributed by atoms with Crippen molar-refractivity contribution in [1.82, 2.24) is 10.6 Å². The van der Waals surface area contributed by atoms with Crippen LogP contribution in [0.1, 0.15) is 63.0 Å². The first-order valence-electron chi connectivity index (χ1n) is 12.7. The van der Waals surface area contributed by atoms with Crippen molar-refractivity contribution in [3.05, 3.63) is 28.8 Å². The summed E-state index contributed by atoms with van der Waals surface area (Å²) in [7, 11) is 0. The molecule has 210 valence electrons. The van der Waals surface area contributed by atoms with Gasteiger partial charge in [-0.25, -0.2) is 0 Å². The molecule has 38 heavy (non-hydrogen) atoms. The second kappa shape index (κ2) is 10.1. The fourth-order valence-corrected chi connectivity index (χ4v) is 6.21. The standard InChI is InChI=1S/C25H30ClF3N2O7/c26-13-1-2-18-16(7-13)17(32)10-19(37-18)22(35)31-24-5-3-23(4-6-24,11-20(24)33)30-21(34)12-36-14-8-15(9-14)38-25(27,28)29/h1-2,7,14-15,17,19-20,32-33H,3-6,8-12H2,(H,30,34)(H,31,35)/t14?,15?,17-,19-,20+,23?,24?/m1/s1. The smallest absolute Gasteiger partial charge is 0.480 e. The molecule has 0 radical (unpaired) electrons. The van der Waals surface area contributed by atoms with Crippen LogP contribution >= 0.6 is 11.6 Å². The van der Waals surface area contributed by atoms with Gasteiger partial charge in [-0.05, 0) is 50.3 Å². The molecule has 9 nitrogen and oxygen atoms in total. The van der Waals surface area contributed by atoms with E-state index in [2.05, 4.69) is 15.4 Å². The molecule has 4 N–H and O–H groups in total. The second-order valence-electron chi connectivity index (χ2n) is 10.8. The Morgan fingerprint density at radius 2 is 1.79 bits per heavy atom. The normalized spacial score (nSPS) is 36.0. The maximum atomic E-state index is 13.1. The van der Waals surface area contributed by atoms with Crippen molar-refractivity contribution in [1.29, 1.82) is 0 Å². The SMILES string of the molecule is O=C(COC1CC(OC(F)(F)F)C1)NC12CCC(NC(=O)[C@H]3C[C@@H](O)c4cc(Cl)ccc4O3)(CC1)[C@@H](O)C2. The number of rotatable bonds is 7. The number of amides is 2. The zero-order valence-electron chi connectivity index (χ0n) is 20.4. The maximum absolute atomic E-state index is 13.1. The number of carbonyl (C=O) groups excluding carboxylic acids is 2. The lowest BCUT2D eigenvalue weighted by molar-refractivity contribution is -0.357. The van der Waals surface area contributed by atoms with Crippen LogP contribution in [0.15, 0.2) is 18.2 Å². The summed E-state index contributed by atoms with van der Waals surface area (Å²) in [6, 6.07) is 4.82. The number of alkyl halides is 3. The van der Waals surface area contributed by atoms with Crippen LogP contribution < -0.4 is 15.4 Å². The van der Waals surface area contributed by atoms with Crippen LogP contribution in [0, 0.1) is 0 Å². The minimum absolute atomic E-state index is 0.0510. The first-order chi connectivity index (χ1) is 17.9. The summed E-state index contributed by atoms with van der Waals surface area (Å²) in [6.45, 7) is -0.294. The van der Waals surface area contributed by atoms with Crippen molar-refractivity contribution < 1.29 is 47.2 Å². The molecule has 4 fully saturated rings. The highest BCUT2D eigenvalue weighted by Crippen LogP contribution is 2.47. The second-order valence-corrected chi connectivity index (χ2v) is 11.3. The van der Waals surface area contributed by atoms with Crippen molar-refractivity contribution >= 4 is 23.4 Å². The Hall–Kier alpha value is -2.12. The Labute approximate surface area is 221 Å². The molecule has 1 aromatic carbocycles. The first-order valence-corrected chi connectivity index (χ1v) is 13.0. The molecule has 5 aliphatic rings. The molecule has 0 unspecified atom stereocenters. The zero-order valence-corrected chi connectivity index (χ0v) is 21.2. The summed E-state index contributed by atoms with van der Waals surface area (Å²) in [4.78, 5) is 25.6. The topological polar surface area (TPSA) is 126 Å². The molecule has 1 aromatic rings. The molecule has 2 amide bonds. The molecule has 0 aromatic heterocycles. The molecule has 0 spiro atoms. The highest BCUT2D eigenvalue weighted by Gasteiger charge is 2.56. The number of ether oxygens (including phenoxy) is 3. The minimum atomic E-state index is -4.69. The molecule has 2 bridgehead atoms. The number of aliphatic hydroxyl groups excluding tert-OH is 2. The first kappa shape index (κ1) is 27.4. The van der Waals surface area contributed by atoms with Crippen LogP contribution in [0.25, 0.3) is 0 Å². The van der Waals surface area contributed by atoms with Gasteiger partial charge in [0.15, 0.2) is 6.10 Å². The van der Waals surface area contributed by atoms with Gasteiger partial charge in [0.25, 0.3) is 5.91 Å². The van der Waals surface area contributed by atoms with Crippen molar-refractivity contribution in [2.45, 2.75) is 99.3 Å². The van der Waals surface area contributed by atoms with Crippen LogP contribution in [0.5, 0.6) is 5.75 Å². The summed E-state index contributed by atoms with van der Waals surface area (Å²) in [5, 5.41) is 27.9. The van der Waals surface area contributed by atoms with Crippen LogP contribution in [0.2, 0.25) is 5.02 Å². The van der Waals surface area contributed by atoms with Gasteiger partial charge in [-0.3, -0.25) is 14.3 Å². The molecule has 13 heteroatoms. The fraction of sp³-hybridized carbons (Fsp3) is 0.680. The minimum Gasteiger partial charge on any atom is -0.480 e. The van der Waals surface area contributed by atoms with Crippen LogP contribution in [-0.2, 0) is 19.1 Å². The van der Waals surface area contributed by atoms with Gasteiger partial charge in [-0.2, -0.15) is 0 Å². The predicted octanol–water partition coefficient (Wildman–Crippen LogP) is 2.66. The van der Waals surface area contributed by atoms with Crippen LogP contribution in [0.3, 0.4) is 0 Å². The van der Waals surface area contributed by atoms with Crippen LogP contribution in [-0.4, -0.2) is 70.5 Å². The van der Waals surface area contributed by atoms with Gasteiger partial charge in [0, 0.05) is 35.4 Å². The number of aliphatic hydroxyl groups is 2. The molecular formula is C25H30ClF3N2O7. The number of hydrogen-bond donors (Lipinski definition) is 4. The van der Waals surface area contributed by atoms with Gasteiger partial charge in [0.05, 0.1) is 30.0 Å². The van der Waals surface area contributed by atoms with E-state index in [4.69, 9.17) is 21.1 Å². The van der Waals surface area contributed by atoms with E-state index in [-0.39, 0.29) is 32.3 Å². The van der Waals surface area contributed by atoms with Gasteiger partial charge in [0.1, 0.15) is 12.4 Å². The van der Waals surface area contributed by atoms with Crippen molar-refractivity contribution in [2.75, 3.05) is 6.61 Å². The summed E-state index contributed by atoms with van der Waals surface area (Å²) < 4.78 is 51.8. The van der Waals surface area contributed by atoms with Gasteiger partial charge in [0.2, 0.25) is 5.91 Å². The lowest BCUT2D eigenvalue weighted by atomic mass is 9.59. The number of benzene rings is 1. The van der Waals surface area contributed by atoms with E-state index in [1.807, 2.05) is 0 Å². The van der Waals surface area contributed by atoms with E-state index in [9.17, 15) is 33.0 Å². The predicted molar refractivity (Wildman–Crippen MR) is 126 cm³/mol. The van der Waals surface area contributed by atoms with E-state index >= 15 is 0 Å². The van der Waals surface area contributed by atoms with Crippen molar-refractivity contribution in [2.24, 2.45) is 0 Å². The Bertz CT molecular complexity index is 1070. The van der Waals surface area contributed by atoms with E-state index in [1.165, 1.54) is 0 Å². The highest BCUT2D eigenvalue weighted by molar-refractivity contribution is 6.30. The molecule has 6 rings (SSSR count). The molecule has 1 heterocycles. The maximum Gasteiger partial charge on any atom is 0.522 e. The lowest BCUT2D eigenvalue weighted by Crippen LogP contribution is -2.71. The lowest BCUT2D eigenvalue weighted by Gasteiger charge is -2.56. The zero-order chi connectivity index (χ0) is 27.3. The highest BCUT2D eigenvalue weighted by atomic mass is 35.5. The average Bonchev–Trinajstić information content (AvgIpc) is 2.81. The summed E-state index contributed by atoms with van der Waals surface area (Å²) in [5.74, 6) is -0.448. The van der Waals surface area contributed by atoms with E-state index < -0.39 is 59.8 Å². The largest absolute Gasteiger partial charge is 0.522 e.